The van der Waals surface area contributed by atoms with Gasteiger partial charge in [-0.05, 0) is 74.9 Å². The number of aromatic amines is 1. The summed E-state index contributed by atoms with van der Waals surface area (Å²) in [5, 5.41) is 8.32. The lowest BCUT2D eigenvalue weighted by Gasteiger charge is -2.23. The van der Waals surface area contributed by atoms with Gasteiger partial charge in [-0.2, -0.15) is 0 Å². The number of ether oxygens (including phenoxy) is 3. The number of fused-ring (bicyclic) bond motifs is 1. The molecular weight excluding hydrogens is 473 g/mol. The summed E-state index contributed by atoms with van der Waals surface area (Å²) in [5.74, 6) is 1.71. The topological polar surface area (TPSA) is 98.0 Å². The van der Waals surface area contributed by atoms with Crippen LogP contribution in [0.25, 0.3) is 11.2 Å². The molecule has 2 aromatic carbocycles. The van der Waals surface area contributed by atoms with Crippen molar-refractivity contribution in [3.05, 3.63) is 77.0 Å². The first-order valence-corrected chi connectivity index (χ1v) is 12.5. The van der Waals surface area contributed by atoms with E-state index in [0.29, 0.717) is 29.3 Å². The Balaban J connectivity index is 1.41. The van der Waals surface area contributed by atoms with Crippen LogP contribution in [0, 0.1) is 11.2 Å². The maximum absolute atomic E-state index is 13.6. The molecule has 2 aromatic heterocycles. The molecule has 1 fully saturated rings. The number of imidazole rings is 1. The number of hydrogen-bond acceptors (Lipinski definition) is 6. The summed E-state index contributed by atoms with van der Waals surface area (Å²) in [6, 6.07) is 12.3. The summed E-state index contributed by atoms with van der Waals surface area (Å²) in [6.45, 7) is 4.50. The molecule has 1 aliphatic rings. The zero-order valence-electron chi connectivity index (χ0n) is 21.4. The molecule has 0 saturated heterocycles. The average Bonchev–Trinajstić information content (AvgIpc) is 3.56. The second-order valence-electron chi connectivity index (χ2n) is 9.94. The Morgan fingerprint density at radius 3 is 2.68 bits per heavy atom. The molecule has 0 spiro atoms. The highest BCUT2D eigenvalue weighted by atomic mass is 19.1. The summed E-state index contributed by atoms with van der Waals surface area (Å²) >= 11 is 0. The van der Waals surface area contributed by atoms with Crippen LogP contribution < -0.4 is 15.0 Å². The zero-order chi connectivity index (χ0) is 26.0. The van der Waals surface area contributed by atoms with E-state index in [-0.39, 0.29) is 24.0 Å². The lowest BCUT2D eigenvalue weighted by molar-refractivity contribution is -0.0393. The third-order valence-corrected chi connectivity index (χ3v) is 6.76. The van der Waals surface area contributed by atoms with E-state index in [0.717, 1.165) is 29.7 Å². The molecule has 0 atom stereocenters. The predicted molar refractivity (Wildman–Crippen MR) is 137 cm³/mol. The minimum atomic E-state index is -0.808. The van der Waals surface area contributed by atoms with E-state index in [1.165, 1.54) is 25.0 Å². The number of nitrogens with zero attached hydrogens (tertiary/aromatic N) is 3. The minimum Gasteiger partial charge on any atom is -0.493 e. The van der Waals surface area contributed by atoms with Crippen LogP contribution in [-0.2, 0) is 23.5 Å². The van der Waals surface area contributed by atoms with E-state index in [4.69, 9.17) is 24.6 Å². The maximum atomic E-state index is 13.6. The summed E-state index contributed by atoms with van der Waals surface area (Å²) in [6.07, 6.45) is 6.34. The van der Waals surface area contributed by atoms with Crippen molar-refractivity contribution < 1.29 is 18.6 Å². The molecule has 2 heterocycles. The van der Waals surface area contributed by atoms with E-state index in [1.807, 2.05) is 42.7 Å². The zero-order valence-corrected chi connectivity index (χ0v) is 21.4. The molecule has 8 nitrogen and oxygen atoms in total. The van der Waals surface area contributed by atoms with Crippen LogP contribution in [-0.4, -0.2) is 32.7 Å². The standard InChI is InChI=1S/C28H32FN5O3/c1-28(2,36-16-19-7-6-8-20(29)13-19)27-32-24-25(30)31-17-34(26(24)33-27)15-18-11-12-22(35-3)23(14-18)37-21-9-4-5-10-21/h6-8,11-14,17,21,30H,4-5,9-10,15-16H2,1-3H3,(H,32,33). The molecule has 1 saturated carbocycles. The molecule has 1 aliphatic carbocycles. The van der Waals surface area contributed by atoms with Crippen LogP contribution in [0.5, 0.6) is 11.5 Å². The quantitative estimate of drug-likeness (QED) is 0.326. The maximum Gasteiger partial charge on any atom is 0.173 e. The van der Waals surface area contributed by atoms with Gasteiger partial charge in [0.25, 0.3) is 0 Å². The monoisotopic (exact) mass is 505 g/mol. The molecule has 0 bridgehead atoms. The van der Waals surface area contributed by atoms with Crippen molar-refractivity contribution >= 4 is 11.2 Å². The van der Waals surface area contributed by atoms with Crippen molar-refractivity contribution in [2.75, 3.05) is 7.11 Å². The van der Waals surface area contributed by atoms with Crippen LogP contribution in [0.15, 0.2) is 48.8 Å². The molecular formula is C28H32FN5O3. The fraction of sp³-hybridized carbons (Fsp3) is 0.393. The van der Waals surface area contributed by atoms with Gasteiger partial charge in [0, 0.05) is 0 Å². The van der Waals surface area contributed by atoms with Gasteiger partial charge in [0.2, 0.25) is 0 Å². The molecule has 5 rings (SSSR count). The highest BCUT2D eigenvalue weighted by molar-refractivity contribution is 5.69. The van der Waals surface area contributed by atoms with Gasteiger partial charge in [0.05, 0.1) is 32.7 Å². The smallest absolute Gasteiger partial charge is 0.173 e. The Kier molecular flexibility index (Phi) is 6.97. The summed E-state index contributed by atoms with van der Waals surface area (Å²) in [5.41, 5.74) is 2.16. The van der Waals surface area contributed by atoms with Crippen molar-refractivity contribution in [3.8, 4) is 11.5 Å². The lowest BCUT2D eigenvalue weighted by atomic mass is 10.1. The number of aromatic nitrogens is 4. The van der Waals surface area contributed by atoms with Gasteiger partial charge in [-0.25, -0.2) is 14.4 Å². The molecule has 37 heavy (non-hydrogen) atoms. The molecule has 9 heteroatoms. The first kappa shape index (κ1) is 25.0. The van der Waals surface area contributed by atoms with E-state index in [1.54, 1.807) is 19.5 Å². The number of methoxy groups -OCH3 is 1. The Morgan fingerprint density at radius 1 is 1.11 bits per heavy atom. The first-order chi connectivity index (χ1) is 17.8. The normalized spacial score (nSPS) is 14.4. The van der Waals surface area contributed by atoms with E-state index >= 15 is 0 Å². The Hall–Kier alpha value is -3.72. The predicted octanol–water partition coefficient (Wildman–Crippen LogP) is 5.21. The fourth-order valence-corrected chi connectivity index (χ4v) is 4.64. The van der Waals surface area contributed by atoms with Crippen molar-refractivity contribution in [2.24, 2.45) is 0 Å². The molecule has 194 valence electrons. The number of benzene rings is 2. The number of hydrogen-bond donors (Lipinski definition) is 2. The van der Waals surface area contributed by atoms with Gasteiger partial charge < -0.3 is 23.8 Å². The second kappa shape index (κ2) is 10.3. The van der Waals surface area contributed by atoms with Crippen LogP contribution in [0.4, 0.5) is 4.39 Å². The molecule has 4 aromatic rings. The number of halogens is 1. The molecule has 0 amide bonds. The summed E-state index contributed by atoms with van der Waals surface area (Å²) < 4.78 is 33.4. The second-order valence-corrected chi connectivity index (χ2v) is 9.94. The van der Waals surface area contributed by atoms with Crippen molar-refractivity contribution in [2.45, 2.75) is 64.4 Å². The van der Waals surface area contributed by atoms with Gasteiger partial charge in [-0.3, -0.25) is 5.41 Å². The third kappa shape index (κ3) is 5.51. The largest absolute Gasteiger partial charge is 0.493 e. The third-order valence-electron chi connectivity index (χ3n) is 6.76. The van der Waals surface area contributed by atoms with E-state index in [9.17, 15) is 4.39 Å². The number of H-pyrrole nitrogens is 1. The Morgan fingerprint density at radius 2 is 1.92 bits per heavy atom. The lowest BCUT2D eigenvalue weighted by Crippen LogP contribution is -2.23. The van der Waals surface area contributed by atoms with E-state index in [2.05, 4.69) is 9.97 Å². The summed E-state index contributed by atoms with van der Waals surface area (Å²) in [7, 11) is 1.65. The minimum absolute atomic E-state index is 0.103. The highest BCUT2D eigenvalue weighted by Crippen LogP contribution is 2.33. The van der Waals surface area contributed by atoms with Crippen molar-refractivity contribution in [1.29, 1.82) is 5.41 Å². The average molecular weight is 506 g/mol. The van der Waals surface area contributed by atoms with Gasteiger partial charge in [0.15, 0.2) is 22.6 Å². The molecule has 0 radical (unpaired) electrons. The van der Waals surface area contributed by atoms with Crippen LogP contribution in [0.2, 0.25) is 0 Å². The molecule has 0 aliphatic heterocycles. The van der Waals surface area contributed by atoms with Crippen molar-refractivity contribution in [3.63, 3.8) is 0 Å². The molecule has 0 unspecified atom stereocenters. The molecule has 2 N–H and O–H groups in total. The van der Waals surface area contributed by atoms with Gasteiger partial charge in [-0.15, -0.1) is 0 Å². The van der Waals surface area contributed by atoms with Crippen LogP contribution in [0.3, 0.4) is 0 Å². The fourth-order valence-electron chi connectivity index (χ4n) is 4.64. The van der Waals surface area contributed by atoms with Crippen molar-refractivity contribution in [1.82, 2.24) is 19.5 Å². The first-order valence-electron chi connectivity index (χ1n) is 12.5. The van der Waals surface area contributed by atoms with Crippen LogP contribution in [0.1, 0.15) is 56.5 Å². The number of rotatable bonds is 9. The van der Waals surface area contributed by atoms with Gasteiger partial charge in [0.1, 0.15) is 22.8 Å². The SMILES string of the molecule is COc1ccc(Cn2cnc(=N)c3[nH]c(C(C)(C)OCc4cccc(F)c4)nc32)cc1OC1CCCC1. The highest BCUT2D eigenvalue weighted by Gasteiger charge is 2.27. The van der Waals surface area contributed by atoms with Gasteiger partial charge >= 0.3 is 0 Å². The number of nitrogens with one attached hydrogen (secondary N) is 2. The van der Waals surface area contributed by atoms with E-state index < -0.39 is 5.60 Å². The van der Waals surface area contributed by atoms with Gasteiger partial charge in [-0.1, -0.05) is 18.2 Å². The Labute approximate surface area is 215 Å². The summed E-state index contributed by atoms with van der Waals surface area (Å²) in [4.78, 5) is 12.3. The van der Waals surface area contributed by atoms with Crippen LogP contribution >= 0.6 is 0 Å². The Bertz CT molecular complexity index is 1460.